The molecule has 1 N–H and O–H groups in total. The molecule has 1 atom stereocenters. The minimum Gasteiger partial charge on any atom is -0.507 e. The lowest BCUT2D eigenvalue weighted by Crippen LogP contribution is -2.31. The van der Waals surface area contributed by atoms with E-state index < -0.39 is 23.5 Å². The van der Waals surface area contributed by atoms with Crippen LogP contribution in [0.2, 0.25) is 0 Å². The predicted octanol–water partition coefficient (Wildman–Crippen LogP) is 3.24. The first-order valence-corrected chi connectivity index (χ1v) is 8.47. The van der Waals surface area contributed by atoms with Gasteiger partial charge in [0.1, 0.15) is 11.6 Å². The highest BCUT2D eigenvalue weighted by Crippen LogP contribution is 2.40. The molecule has 0 saturated carbocycles. The molecular weight excluding hydrogens is 361 g/mol. The number of carbonyl (C=O) groups excluding carboxylic acids is 2. The van der Waals surface area contributed by atoms with Crippen LogP contribution in [0.5, 0.6) is 0 Å². The van der Waals surface area contributed by atoms with Gasteiger partial charge in [0.2, 0.25) is 5.95 Å². The van der Waals surface area contributed by atoms with Gasteiger partial charge in [0.25, 0.3) is 5.78 Å². The predicted molar refractivity (Wildman–Crippen MR) is 99.7 cm³/mol. The summed E-state index contributed by atoms with van der Waals surface area (Å²) in [5.74, 6) is -2.47. The second kappa shape index (κ2) is 7.03. The van der Waals surface area contributed by atoms with E-state index in [1.165, 1.54) is 36.7 Å². The summed E-state index contributed by atoms with van der Waals surface area (Å²) in [4.78, 5) is 34.8. The van der Waals surface area contributed by atoms with Crippen LogP contribution in [-0.4, -0.2) is 26.8 Å². The number of anilines is 1. The molecule has 4 rings (SSSR count). The Morgan fingerprint density at radius 3 is 2.21 bits per heavy atom. The SMILES string of the molecule is O=C1C(=O)N(c2ncccn2)C(c2ccc(F)cc2)/C1=C(/O)c1ccccc1. The molecule has 1 amide bonds. The molecule has 2 heterocycles. The van der Waals surface area contributed by atoms with Crippen LogP contribution in [0, 0.1) is 5.82 Å². The molecular formula is C21H14FN3O3. The minimum atomic E-state index is -0.983. The average Bonchev–Trinajstić information content (AvgIpc) is 3.00. The van der Waals surface area contributed by atoms with Crippen LogP contribution in [0.4, 0.5) is 10.3 Å². The Morgan fingerprint density at radius 1 is 0.929 bits per heavy atom. The molecule has 7 heteroatoms. The Labute approximate surface area is 159 Å². The number of aliphatic hydroxyl groups is 1. The molecule has 3 aromatic rings. The van der Waals surface area contributed by atoms with Crippen LogP contribution < -0.4 is 4.90 Å². The molecule has 28 heavy (non-hydrogen) atoms. The van der Waals surface area contributed by atoms with Crippen LogP contribution in [0.25, 0.3) is 5.76 Å². The van der Waals surface area contributed by atoms with E-state index in [4.69, 9.17) is 0 Å². The van der Waals surface area contributed by atoms with Crippen molar-refractivity contribution in [3.63, 3.8) is 0 Å². The Kier molecular flexibility index (Phi) is 4.41. The molecule has 0 spiro atoms. The molecule has 1 aromatic heterocycles. The van der Waals surface area contributed by atoms with E-state index in [9.17, 15) is 19.1 Å². The number of benzene rings is 2. The molecule has 1 saturated heterocycles. The van der Waals surface area contributed by atoms with Crippen LogP contribution >= 0.6 is 0 Å². The van der Waals surface area contributed by atoms with Crippen molar-refractivity contribution in [1.82, 2.24) is 9.97 Å². The number of aliphatic hydroxyl groups excluding tert-OH is 1. The monoisotopic (exact) mass is 375 g/mol. The van der Waals surface area contributed by atoms with E-state index in [2.05, 4.69) is 9.97 Å². The van der Waals surface area contributed by atoms with Gasteiger partial charge in [0.15, 0.2) is 0 Å². The van der Waals surface area contributed by atoms with Gasteiger partial charge in [-0.3, -0.25) is 14.5 Å². The van der Waals surface area contributed by atoms with Crippen LogP contribution in [0.1, 0.15) is 17.2 Å². The average molecular weight is 375 g/mol. The largest absolute Gasteiger partial charge is 0.507 e. The van der Waals surface area contributed by atoms with E-state index in [0.717, 1.165) is 4.90 Å². The maximum atomic E-state index is 13.4. The lowest BCUT2D eigenvalue weighted by molar-refractivity contribution is -0.132. The molecule has 6 nitrogen and oxygen atoms in total. The lowest BCUT2D eigenvalue weighted by atomic mass is 9.95. The molecule has 1 fully saturated rings. The van der Waals surface area contributed by atoms with Gasteiger partial charge in [-0.1, -0.05) is 42.5 Å². The first-order chi connectivity index (χ1) is 13.6. The Morgan fingerprint density at radius 2 is 1.57 bits per heavy atom. The fourth-order valence-corrected chi connectivity index (χ4v) is 3.17. The first kappa shape index (κ1) is 17.5. The Hall–Kier alpha value is -3.87. The molecule has 1 aliphatic heterocycles. The molecule has 2 aromatic carbocycles. The third kappa shape index (κ3) is 2.92. The van der Waals surface area contributed by atoms with E-state index in [1.54, 1.807) is 36.4 Å². The number of Topliss-reactive ketones (excluding diaryl/α,β-unsaturated/α-hetero) is 1. The number of hydrogen-bond donors (Lipinski definition) is 1. The lowest BCUT2D eigenvalue weighted by Gasteiger charge is -2.23. The fourth-order valence-electron chi connectivity index (χ4n) is 3.17. The summed E-state index contributed by atoms with van der Waals surface area (Å²) in [6.07, 6.45) is 2.89. The van der Waals surface area contributed by atoms with Crippen molar-refractivity contribution < 1.29 is 19.1 Å². The highest BCUT2D eigenvalue weighted by atomic mass is 19.1. The van der Waals surface area contributed by atoms with Crippen LogP contribution in [-0.2, 0) is 9.59 Å². The normalized spacial score (nSPS) is 18.5. The quantitative estimate of drug-likeness (QED) is 0.432. The van der Waals surface area contributed by atoms with Gasteiger partial charge in [-0.25, -0.2) is 14.4 Å². The van der Waals surface area contributed by atoms with Crippen molar-refractivity contribution in [2.24, 2.45) is 0 Å². The van der Waals surface area contributed by atoms with E-state index in [-0.39, 0.29) is 17.3 Å². The second-order valence-corrected chi connectivity index (χ2v) is 6.14. The molecule has 0 aliphatic carbocycles. The summed E-state index contributed by atoms with van der Waals surface area (Å²) in [6.45, 7) is 0. The fraction of sp³-hybridized carbons (Fsp3) is 0.0476. The second-order valence-electron chi connectivity index (χ2n) is 6.14. The van der Waals surface area contributed by atoms with Gasteiger partial charge in [0, 0.05) is 18.0 Å². The maximum Gasteiger partial charge on any atom is 0.302 e. The maximum absolute atomic E-state index is 13.4. The van der Waals surface area contributed by atoms with E-state index in [1.807, 2.05) is 0 Å². The highest BCUT2D eigenvalue weighted by Gasteiger charge is 2.48. The zero-order valence-electron chi connectivity index (χ0n) is 14.5. The number of ketones is 1. The third-order valence-electron chi connectivity index (χ3n) is 4.45. The zero-order valence-corrected chi connectivity index (χ0v) is 14.5. The summed E-state index contributed by atoms with van der Waals surface area (Å²) in [7, 11) is 0. The molecule has 1 aliphatic rings. The number of aromatic nitrogens is 2. The molecule has 0 radical (unpaired) electrons. The van der Waals surface area contributed by atoms with Crippen molar-refractivity contribution in [2.75, 3.05) is 4.90 Å². The van der Waals surface area contributed by atoms with Gasteiger partial charge in [-0.05, 0) is 23.8 Å². The van der Waals surface area contributed by atoms with Crippen molar-refractivity contribution in [3.05, 3.63) is 95.6 Å². The van der Waals surface area contributed by atoms with E-state index >= 15 is 0 Å². The smallest absolute Gasteiger partial charge is 0.302 e. The van der Waals surface area contributed by atoms with Crippen molar-refractivity contribution in [3.8, 4) is 0 Å². The number of nitrogens with zero attached hydrogens (tertiary/aromatic N) is 3. The Balaban J connectivity index is 1.95. The summed E-state index contributed by atoms with van der Waals surface area (Å²) in [6, 6.07) is 14.4. The number of halogens is 1. The molecule has 138 valence electrons. The van der Waals surface area contributed by atoms with Gasteiger partial charge >= 0.3 is 5.91 Å². The van der Waals surface area contributed by atoms with Crippen molar-refractivity contribution >= 4 is 23.4 Å². The van der Waals surface area contributed by atoms with Crippen molar-refractivity contribution in [1.29, 1.82) is 0 Å². The number of hydrogen-bond acceptors (Lipinski definition) is 5. The molecule has 1 unspecified atom stereocenters. The summed E-state index contributed by atoms with van der Waals surface area (Å²) >= 11 is 0. The van der Waals surface area contributed by atoms with Gasteiger partial charge in [0.05, 0.1) is 11.6 Å². The summed E-state index contributed by atoms with van der Waals surface area (Å²) in [5, 5.41) is 10.8. The standard InChI is InChI=1S/C21H14FN3O3/c22-15-9-7-13(8-10-15)17-16(18(26)14-5-2-1-3-6-14)19(27)20(28)25(17)21-23-11-4-12-24-21/h1-12,17,26H/b18-16-. The van der Waals surface area contributed by atoms with Crippen molar-refractivity contribution in [2.45, 2.75) is 6.04 Å². The number of amides is 1. The minimum absolute atomic E-state index is 0.0195. The van der Waals surface area contributed by atoms with Crippen LogP contribution in [0.15, 0.2) is 78.6 Å². The third-order valence-corrected chi connectivity index (χ3v) is 4.45. The topological polar surface area (TPSA) is 83.4 Å². The van der Waals surface area contributed by atoms with Gasteiger partial charge in [-0.15, -0.1) is 0 Å². The summed E-state index contributed by atoms with van der Waals surface area (Å²) in [5.41, 5.74) is 0.738. The first-order valence-electron chi connectivity index (χ1n) is 8.47. The Bertz CT molecular complexity index is 1070. The zero-order chi connectivity index (χ0) is 19.7. The summed E-state index contributed by atoms with van der Waals surface area (Å²) < 4.78 is 13.4. The number of rotatable bonds is 3. The van der Waals surface area contributed by atoms with Gasteiger partial charge in [-0.2, -0.15) is 0 Å². The van der Waals surface area contributed by atoms with Gasteiger partial charge < -0.3 is 5.11 Å². The molecule has 0 bridgehead atoms. The van der Waals surface area contributed by atoms with Crippen LogP contribution in [0.3, 0.4) is 0 Å². The number of carbonyl (C=O) groups is 2. The van der Waals surface area contributed by atoms with E-state index in [0.29, 0.717) is 11.1 Å². The highest BCUT2D eigenvalue weighted by molar-refractivity contribution is 6.51.